The first-order valence-electron chi connectivity index (χ1n) is 7.30. The van der Waals surface area contributed by atoms with E-state index in [2.05, 4.69) is 24.2 Å². The van der Waals surface area contributed by atoms with Crippen LogP contribution in [0.4, 0.5) is 0 Å². The highest BCUT2D eigenvalue weighted by Crippen LogP contribution is 2.46. The van der Waals surface area contributed by atoms with Crippen LogP contribution >= 0.6 is 0 Å². The van der Waals surface area contributed by atoms with Gasteiger partial charge < -0.3 is 11.1 Å². The first-order valence-corrected chi connectivity index (χ1v) is 7.30. The van der Waals surface area contributed by atoms with E-state index in [1.165, 1.54) is 38.5 Å². The lowest BCUT2D eigenvalue weighted by atomic mass is 9.85. The molecule has 98 valence electrons. The molecule has 3 nitrogen and oxygen atoms in total. The van der Waals surface area contributed by atoms with Crippen LogP contribution in [0.25, 0.3) is 0 Å². The van der Waals surface area contributed by atoms with Gasteiger partial charge in [0.15, 0.2) is 5.96 Å². The van der Waals surface area contributed by atoms with Gasteiger partial charge in [-0.15, -0.1) is 0 Å². The van der Waals surface area contributed by atoms with E-state index in [0.717, 1.165) is 18.3 Å². The van der Waals surface area contributed by atoms with Crippen molar-refractivity contribution in [2.45, 2.75) is 70.9 Å². The highest BCUT2D eigenvalue weighted by molar-refractivity contribution is 5.78. The number of rotatable bonds is 4. The maximum absolute atomic E-state index is 5.92. The molecule has 3 N–H and O–H groups in total. The summed E-state index contributed by atoms with van der Waals surface area (Å²) in [5, 5.41) is 3.25. The van der Waals surface area contributed by atoms with Crippen molar-refractivity contribution in [2.24, 2.45) is 22.6 Å². The van der Waals surface area contributed by atoms with E-state index in [1.54, 1.807) is 0 Å². The second-order valence-corrected chi connectivity index (χ2v) is 5.83. The van der Waals surface area contributed by atoms with Crippen molar-refractivity contribution in [3.63, 3.8) is 0 Å². The van der Waals surface area contributed by atoms with Crippen LogP contribution in [0.2, 0.25) is 0 Å². The summed E-state index contributed by atoms with van der Waals surface area (Å²) in [5.74, 6) is 2.43. The van der Waals surface area contributed by atoms with Gasteiger partial charge in [-0.2, -0.15) is 0 Å². The fourth-order valence-electron chi connectivity index (χ4n) is 2.99. The number of nitrogens with zero attached hydrogens (tertiary/aromatic N) is 1. The Morgan fingerprint density at radius 2 is 2.06 bits per heavy atom. The third-order valence-electron chi connectivity index (χ3n) is 4.37. The highest BCUT2D eigenvalue weighted by atomic mass is 15.1. The van der Waals surface area contributed by atoms with Crippen molar-refractivity contribution in [2.75, 3.05) is 0 Å². The number of nitrogens with one attached hydrogen (secondary N) is 1. The summed E-state index contributed by atoms with van der Waals surface area (Å²) in [6.45, 7) is 4.31. The van der Waals surface area contributed by atoms with Crippen molar-refractivity contribution in [1.82, 2.24) is 5.32 Å². The Kier molecular flexibility index (Phi) is 4.30. The molecule has 0 aromatic carbocycles. The van der Waals surface area contributed by atoms with Crippen LogP contribution in [0.3, 0.4) is 0 Å². The summed E-state index contributed by atoms with van der Waals surface area (Å²) in [5.41, 5.74) is 5.92. The molecule has 0 heterocycles. The maximum Gasteiger partial charge on any atom is 0.189 e. The molecular formula is C14H27N3. The molecular weight excluding hydrogens is 210 g/mol. The lowest BCUT2D eigenvalue weighted by Gasteiger charge is -2.21. The Bertz CT molecular complexity index is 269. The van der Waals surface area contributed by atoms with E-state index >= 15 is 0 Å². The highest BCUT2D eigenvalue weighted by Gasteiger charge is 2.43. The Labute approximate surface area is 105 Å². The average Bonchev–Trinajstić information content (AvgIpc) is 3.09. The molecule has 3 atom stereocenters. The zero-order chi connectivity index (χ0) is 12.3. The van der Waals surface area contributed by atoms with Crippen molar-refractivity contribution < 1.29 is 0 Å². The molecule has 0 aromatic rings. The van der Waals surface area contributed by atoms with Crippen molar-refractivity contribution in [1.29, 1.82) is 0 Å². The molecule has 2 saturated carbocycles. The van der Waals surface area contributed by atoms with Gasteiger partial charge >= 0.3 is 0 Å². The Hall–Kier alpha value is -0.730. The van der Waals surface area contributed by atoms with Gasteiger partial charge in [0.2, 0.25) is 0 Å². The fourth-order valence-corrected chi connectivity index (χ4v) is 2.99. The topological polar surface area (TPSA) is 50.4 Å². The molecule has 0 aliphatic heterocycles. The molecule has 3 heteroatoms. The summed E-state index contributed by atoms with van der Waals surface area (Å²) in [4.78, 5) is 4.62. The van der Waals surface area contributed by atoms with Gasteiger partial charge in [-0.25, -0.2) is 4.99 Å². The predicted molar refractivity (Wildman–Crippen MR) is 73.0 cm³/mol. The summed E-state index contributed by atoms with van der Waals surface area (Å²) < 4.78 is 0. The molecule has 2 rings (SSSR count). The quantitative estimate of drug-likeness (QED) is 0.583. The largest absolute Gasteiger partial charge is 0.370 e. The second kappa shape index (κ2) is 5.74. The maximum atomic E-state index is 5.92. The van der Waals surface area contributed by atoms with Crippen molar-refractivity contribution >= 4 is 5.96 Å². The third kappa shape index (κ3) is 3.62. The smallest absolute Gasteiger partial charge is 0.189 e. The third-order valence-corrected chi connectivity index (χ3v) is 4.37. The molecule has 3 unspecified atom stereocenters. The van der Waals surface area contributed by atoms with Gasteiger partial charge in [-0.05, 0) is 31.6 Å². The monoisotopic (exact) mass is 237 g/mol. The summed E-state index contributed by atoms with van der Waals surface area (Å²) in [6, 6.07) is 0.959. The molecule has 0 amide bonds. The van der Waals surface area contributed by atoms with Crippen molar-refractivity contribution in [3.8, 4) is 0 Å². The SMILES string of the molecule is CCC(C)NC(N)=NC1CC1C1CCCCC1. The summed E-state index contributed by atoms with van der Waals surface area (Å²) in [6.07, 6.45) is 9.51. The summed E-state index contributed by atoms with van der Waals surface area (Å²) in [7, 11) is 0. The van der Waals surface area contributed by atoms with Gasteiger partial charge in [0, 0.05) is 6.04 Å². The van der Waals surface area contributed by atoms with Gasteiger partial charge in [-0.1, -0.05) is 39.0 Å². The van der Waals surface area contributed by atoms with Crippen LogP contribution < -0.4 is 11.1 Å². The molecule has 17 heavy (non-hydrogen) atoms. The Balaban J connectivity index is 1.75. The van der Waals surface area contributed by atoms with Crippen LogP contribution in [0, 0.1) is 11.8 Å². The number of hydrogen-bond donors (Lipinski definition) is 2. The molecule has 0 saturated heterocycles. The molecule has 0 aromatic heterocycles. The molecule has 2 aliphatic carbocycles. The Morgan fingerprint density at radius 1 is 1.35 bits per heavy atom. The first kappa shape index (κ1) is 12.7. The minimum absolute atomic E-state index is 0.436. The van der Waals surface area contributed by atoms with E-state index in [1.807, 2.05) is 0 Å². The van der Waals surface area contributed by atoms with E-state index < -0.39 is 0 Å². The van der Waals surface area contributed by atoms with Gasteiger partial charge in [0.05, 0.1) is 6.04 Å². The van der Waals surface area contributed by atoms with Crippen LogP contribution in [-0.4, -0.2) is 18.0 Å². The van der Waals surface area contributed by atoms with E-state index in [0.29, 0.717) is 18.0 Å². The molecule has 0 radical (unpaired) electrons. The van der Waals surface area contributed by atoms with Crippen LogP contribution in [0.5, 0.6) is 0 Å². The molecule has 0 spiro atoms. The lowest BCUT2D eigenvalue weighted by molar-refractivity contribution is 0.318. The average molecular weight is 237 g/mol. The standard InChI is InChI=1S/C14H27N3/c1-3-10(2)16-14(15)17-13-9-12(13)11-7-5-4-6-8-11/h10-13H,3-9H2,1-2H3,(H3,15,16,17). The molecule has 2 fully saturated rings. The number of hydrogen-bond acceptors (Lipinski definition) is 1. The summed E-state index contributed by atoms with van der Waals surface area (Å²) >= 11 is 0. The fraction of sp³-hybridized carbons (Fsp3) is 0.929. The first-order chi connectivity index (χ1) is 8.20. The van der Waals surface area contributed by atoms with Crippen LogP contribution in [-0.2, 0) is 0 Å². The number of guanidine groups is 1. The molecule has 0 bridgehead atoms. The zero-order valence-electron chi connectivity index (χ0n) is 11.3. The van der Waals surface area contributed by atoms with Gasteiger partial charge in [0.25, 0.3) is 0 Å². The minimum Gasteiger partial charge on any atom is -0.370 e. The van der Waals surface area contributed by atoms with Crippen LogP contribution in [0.15, 0.2) is 4.99 Å². The molecule has 2 aliphatic rings. The van der Waals surface area contributed by atoms with Crippen molar-refractivity contribution in [3.05, 3.63) is 0 Å². The minimum atomic E-state index is 0.436. The Morgan fingerprint density at radius 3 is 2.71 bits per heavy atom. The van der Waals surface area contributed by atoms with E-state index in [9.17, 15) is 0 Å². The predicted octanol–water partition coefficient (Wildman–Crippen LogP) is 2.66. The second-order valence-electron chi connectivity index (χ2n) is 5.83. The lowest BCUT2D eigenvalue weighted by Crippen LogP contribution is -2.38. The zero-order valence-corrected chi connectivity index (χ0v) is 11.3. The van der Waals surface area contributed by atoms with Crippen LogP contribution in [0.1, 0.15) is 58.8 Å². The van der Waals surface area contributed by atoms with Gasteiger partial charge in [0.1, 0.15) is 0 Å². The normalized spacial score (nSPS) is 32.2. The van der Waals surface area contributed by atoms with E-state index in [-0.39, 0.29) is 0 Å². The van der Waals surface area contributed by atoms with Gasteiger partial charge in [-0.3, -0.25) is 0 Å². The number of aliphatic imine (C=N–C) groups is 1. The number of nitrogens with two attached hydrogens (primary N) is 1. The van der Waals surface area contributed by atoms with E-state index in [4.69, 9.17) is 5.73 Å².